The van der Waals surface area contributed by atoms with E-state index in [1.807, 2.05) is 0 Å². The zero-order valence-electron chi connectivity index (χ0n) is 11.3. The Hall–Kier alpha value is -2.25. The van der Waals surface area contributed by atoms with Crippen LogP contribution in [0.15, 0.2) is 17.0 Å². The van der Waals surface area contributed by atoms with E-state index in [4.69, 9.17) is 5.26 Å². The highest BCUT2D eigenvalue weighted by atomic mass is 32.2. The number of rotatable bonds is 6. The van der Waals surface area contributed by atoms with Gasteiger partial charge in [0.2, 0.25) is 10.0 Å². The van der Waals surface area contributed by atoms with Crippen LogP contribution in [-0.2, 0) is 10.0 Å². The van der Waals surface area contributed by atoms with Crippen LogP contribution < -0.4 is 5.32 Å². The van der Waals surface area contributed by atoms with E-state index in [2.05, 4.69) is 5.32 Å². The van der Waals surface area contributed by atoms with E-state index in [9.17, 15) is 22.9 Å². The van der Waals surface area contributed by atoms with Gasteiger partial charge in [0.25, 0.3) is 5.69 Å². The number of hydrogen-bond acceptors (Lipinski definition) is 6. The molecule has 1 rings (SSSR count). The zero-order valence-corrected chi connectivity index (χ0v) is 12.1. The Balaban J connectivity index is 3.42. The van der Waals surface area contributed by atoms with Crippen molar-refractivity contribution in [2.24, 2.45) is 0 Å². The summed E-state index contributed by atoms with van der Waals surface area (Å²) in [6, 6.07) is 3.27. The summed E-state index contributed by atoms with van der Waals surface area (Å²) in [4.78, 5) is 9.17. The SMILES string of the molecule is CNc1cc([N+](=O)[O-])cc(F)c1S(=O)(=O)N(C)CCC#N. The van der Waals surface area contributed by atoms with Crippen LogP contribution in [0.5, 0.6) is 0 Å². The molecule has 0 aromatic heterocycles. The predicted molar refractivity (Wildman–Crippen MR) is 72.6 cm³/mol. The largest absolute Gasteiger partial charge is 0.387 e. The van der Waals surface area contributed by atoms with E-state index in [1.165, 1.54) is 14.1 Å². The fraction of sp³-hybridized carbons (Fsp3) is 0.364. The summed E-state index contributed by atoms with van der Waals surface area (Å²) >= 11 is 0. The second-order valence-electron chi connectivity index (χ2n) is 4.05. The number of non-ortho nitro benzene ring substituents is 1. The molecule has 0 fully saturated rings. The van der Waals surface area contributed by atoms with Crippen LogP contribution in [0.2, 0.25) is 0 Å². The first kappa shape index (κ1) is 16.8. The highest BCUT2D eigenvalue weighted by Crippen LogP contribution is 2.31. The Bertz CT molecular complexity index is 699. The van der Waals surface area contributed by atoms with Gasteiger partial charge in [-0.15, -0.1) is 0 Å². The minimum Gasteiger partial charge on any atom is -0.387 e. The third-order valence-electron chi connectivity index (χ3n) is 2.72. The molecule has 0 atom stereocenters. The first-order valence-corrected chi connectivity index (χ1v) is 7.18. The van der Waals surface area contributed by atoms with Gasteiger partial charge in [-0.05, 0) is 0 Å². The maximum Gasteiger partial charge on any atom is 0.274 e. The molecule has 1 aromatic carbocycles. The van der Waals surface area contributed by atoms with Gasteiger partial charge < -0.3 is 5.32 Å². The number of anilines is 1. The maximum absolute atomic E-state index is 14.0. The Morgan fingerprint density at radius 2 is 2.14 bits per heavy atom. The van der Waals surface area contributed by atoms with E-state index in [1.54, 1.807) is 6.07 Å². The topological polar surface area (TPSA) is 116 Å². The smallest absolute Gasteiger partial charge is 0.274 e. The molecule has 10 heteroatoms. The monoisotopic (exact) mass is 316 g/mol. The van der Waals surface area contributed by atoms with Gasteiger partial charge in [-0.1, -0.05) is 0 Å². The molecule has 0 aliphatic carbocycles. The number of nitro benzene ring substituents is 1. The van der Waals surface area contributed by atoms with Gasteiger partial charge in [-0.3, -0.25) is 10.1 Å². The summed E-state index contributed by atoms with van der Waals surface area (Å²) in [6.45, 7) is -0.113. The highest BCUT2D eigenvalue weighted by Gasteiger charge is 2.29. The van der Waals surface area contributed by atoms with Crippen molar-refractivity contribution in [1.82, 2.24) is 4.31 Å². The number of halogens is 1. The van der Waals surface area contributed by atoms with Crippen molar-refractivity contribution in [2.45, 2.75) is 11.3 Å². The molecule has 0 saturated carbocycles. The van der Waals surface area contributed by atoms with E-state index in [-0.39, 0.29) is 18.7 Å². The van der Waals surface area contributed by atoms with E-state index in [0.29, 0.717) is 6.07 Å². The Morgan fingerprint density at radius 1 is 1.52 bits per heavy atom. The Morgan fingerprint density at radius 3 is 2.62 bits per heavy atom. The van der Waals surface area contributed by atoms with Crippen molar-refractivity contribution < 1.29 is 17.7 Å². The van der Waals surface area contributed by atoms with Gasteiger partial charge >= 0.3 is 0 Å². The molecule has 8 nitrogen and oxygen atoms in total. The number of nitrogens with one attached hydrogen (secondary N) is 1. The molecule has 0 aliphatic heterocycles. The molecule has 0 saturated heterocycles. The maximum atomic E-state index is 14.0. The first-order chi connectivity index (χ1) is 9.75. The lowest BCUT2D eigenvalue weighted by Gasteiger charge is -2.18. The second kappa shape index (κ2) is 6.47. The van der Waals surface area contributed by atoms with Gasteiger partial charge in [0, 0.05) is 33.1 Å². The van der Waals surface area contributed by atoms with Crippen LogP contribution in [0.1, 0.15) is 6.42 Å². The highest BCUT2D eigenvalue weighted by molar-refractivity contribution is 7.89. The molecule has 0 amide bonds. The van der Waals surface area contributed by atoms with E-state index >= 15 is 0 Å². The Kier molecular flexibility index (Phi) is 5.17. The van der Waals surface area contributed by atoms with Crippen LogP contribution in [0.4, 0.5) is 15.8 Å². The summed E-state index contributed by atoms with van der Waals surface area (Å²) < 4.78 is 39.4. The number of nitrogens with zero attached hydrogens (tertiary/aromatic N) is 3. The molecule has 1 aromatic rings. The summed E-state index contributed by atoms with van der Waals surface area (Å²) in [7, 11) is -1.68. The molecule has 0 aliphatic rings. The van der Waals surface area contributed by atoms with E-state index < -0.39 is 31.3 Å². The van der Waals surface area contributed by atoms with Crippen LogP contribution in [0.25, 0.3) is 0 Å². The van der Waals surface area contributed by atoms with Crippen LogP contribution in [0.3, 0.4) is 0 Å². The van der Waals surface area contributed by atoms with Crippen molar-refractivity contribution >= 4 is 21.4 Å². The number of nitro groups is 1. The fourth-order valence-electron chi connectivity index (χ4n) is 1.62. The number of nitriles is 1. The quantitative estimate of drug-likeness (QED) is 0.624. The lowest BCUT2D eigenvalue weighted by atomic mass is 10.2. The number of hydrogen-bond donors (Lipinski definition) is 1. The minimum absolute atomic E-state index is 0.0563. The molecule has 0 unspecified atom stereocenters. The normalized spacial score (nSPS) is 11.2. The molecule has 21 heavy (non-hydrogen) atoms. The van der Waals surface area contributed by atoms with Gasteiger partial charge in [-0.25, -0.2) is 12.8 Å². The predicted octanol–water partition coefficient (Wildman–Crippen LogP) is 1.31. The van der Waals surface area contributed by atoms with Crippen molar-refractivity contribution in [3.8, 4) is 6.07 Å². The second-order valence-corrected chi connectivity index (χ2v) is 6.03. The lowest BCUT2D eigenvalue weighted by molar-refractivity contribution is -0.385. The fourth-order valence-corrected chi connectivity index (χ4v) is 3.00. The molecular weight excluding hydrogens is 303 g/mol. The number of benzene rings is 1. The van der Waals surface area contributed by atoms with Crippen molar-refractivity contribution in [3.63, 3.8) is 0 Å². The van der Waals surface area contributed by atoms with Gasteiger partial charge in [0.1, 0.15) is 4.90 Å². The van der Waals surface area contributed by atoms with Crippen LogP contribution in [-0.4, -0.2) is 38.3 Å². The van der Waals surface area contributed by atoms with Gasteiger partial charge in [0.15, 0.2) is 5.82 Å². The van der Waals surface area contributed by atoms with E-state index in [0.717, 1.165) is 10.4 Å². The molecule has 0 spiro atoms. The molecule has 1 N–H and O–H groups in total. The average Bonchev–Trinajstić information content (AvgIpc) is 2.42. The Labute approximate surface area is 121 Å². The van der Waals surface area contributed by atoms with Gasteiger partial charge in [0.05, 0.1) is 22.7 Å². The van der Waals surface area contributed by atoms with Crippen molar-refractivity contribution in [3.05, 3.63) is 28.1 Å². The van der Waals surface area contributed by atoms with Crippen molar-refractivity contribution in [1.29, 1.82) is 5.26 Å². The third kappa shape index (κ3) is 3.45. The summed E-state index contributed by atoms with van der Waals surface area (Å²) in [5.41, 5.74) is -0.777. The average molecular weight is 316 g/mol. The molecular formula is C11H13FN4O4S. The summed E-state index contributed by atoms with van der Waals surface area (Å²) in [6.07, 6.45) is -0.0563. The van der Waals surface area contributed by atoms with Gasteiger partial charge in [-0.2, -0.15) is 9.57 Å². The molecule has 0 radical (unpaired) electrons. The molecule has 114 valence electrons. The minimum atomic E-state index is -4.20. The van der Waals surface area contributed by atoms with Crippen LogP contribution >= 0.6 is 0 Å². The first-order valence-electron chi connectivity index (χ1n) is 5.74. The zero-order chi connectivity index (χ0) is 16.2. The molecule has 0 bridgehead atoms. The summed E-state index contributed by atoms with van der Waals surface area (Å²) in [5.74, 6) is -1.22. The number of sulfonamides is 1. The summed E-state index contributed by atoms with van der Waals surface area (Å²) in [5, 5.41) is 21.6. The van der Waals surface area contributed by atoms with Crippen LogP contribution in [0, 0.1) is 27.3 Å². The lowest BCUT2D eigenvalue weighted by Crippen LogP contribution is -2.29. The third-order valence-corrected chi connectivity index (χ3v) is 4.65. The van der Waals surface area contributed by atoms with Crippen molar-refractivity contribution in [2.75, 3.05) is 26.0 Å². The standard InChI is InChI=1S/C11H13FN4O4S/c1-14-10-7-8(16(17)18)6-9(12)11(10)21(19,20)15(2)5-3-4-13/h6-7,14H,3,5H2,1-2H3. The molecule has 0 heterocycles.